The van der Waals surface area contributed by atoms with Gasteiger partial charge in [0.1, 0.15) is 11.4 Å². The lowest BCUT2D eigenvalue weighted by Gasteiger charge is -2.18. The predicted molar refractivity (Wildman–Crippen MR) is 95.8 cm³/mol. The number of carbonyl (C=O) groups excluding carboxylic acids is 1. The molecule has 0 saturated heterocycles. The van der Waals surface area contributed by atoms with Crippen molar-refractivity contribution in [3.05, 3.63) is 51.8 Å². The van der Waals surface area contributed by atoms with Gasteiger partial charge in [0.05, 0.1) is 12.2 Å². The molecule has 0 aliphatic heterocycles. The number of carbonyl (C=O) groups is 2. The van der Waals surface area contributed by atoms with Crippen LogP contribution < -0.4 is 4.74 Å². The van der Waals surface area contributed by atoms with Crippen molar-refractivity contribution in [2.24, 2.45) is 0 Å². The molecule has 1 aromatic heterocycles. The van der Waals surface area contributed by atoms with Gasteiger partial charge in [-0.3, -0.25) is 4.79 Å². The van der Waals surface area contributed by atoms with Gasteiger partial charge in [-0.15, -0.1) is 0 Å². The SMILES string of the molecule is Cc1[nH]c(C(=O)O)c(C)c1C(=O)N(C)CCCOc1ccc(Cl)cc1. The summed E-state index contributed by atoms with van der Waals surface area (Å²) < 4.78 is 5.60. The summed E-state index contributed by atoms with van der Waals surface area (Å²) in [6.07, 6.45) is 0.652. The Morgan fingerprint density at radius 3 is 2.44 bits per heavy atom. The number of aromatic nitrogens is 1. The zero-order valence-electron chi connectivity index (χ0n) is 14.4. The van der Waals surface area contributed by atoms with Gasteiger partial charge in [-0.2, -0.15) is 0 Å². The van der Waals surface area contributed by atoms with E-state index in [2.05, 4.69) is 4.98 Å². The van der Waals surface area contributed by atoms with E-state index in [1.165, 1.54) is 0 Å². The molecule has 6 nitrogen and oxygen atoms in total. The molecule has 2 rings (SSSR count). The lowest BCUT2D eigenvalue weighted by molar-refractivity contribution is 0.0690. The maximum absolute atomic E-state index is 12.6. The van der Waals surface area contributed by atoms with Gasteiger partial charge >= 0.3 is 5.97 Å². The predicted octanol–water partition coefficient (Wildman–Crippen LogP) is 3.52. The molecule has 134 valence electrons. The number of hydrogen-bond acceptors (Lipinski definition) is 3. The zero-order chi connectivity index (χ0) is 18.6. The van der Waals surface area contributed by atoms with E-state index in [9.17, 15) is 9.59 Å². The molecule has 0 atom stereocenters. The van der Waals surface area contributed by atoms with Crippen LogP contribution >= 0.6 is 11.6 Å². The van der Waals surface area contributed by atoms with Gasteiger partial charge in [0, 0.05) is 24.3 Å². The molecule has 0 saturated carbocycles. The molecule has 25 heavy (non-hydrogen) atoms. The number of amides is 1. The van der Waals surface area contributed by atoms with Crippen LogP contribution in [0.3, 0.4) is 0 Å². The highest BCUT2D eigenvalue weighted by Gasteiger charge is 2.23. The summed E-state index contributed by atoms with van der Waals surface area (Å²) >= 11 is 5.82. The van der Waals surface area contributed by atoms with E-state index in [-0.39, 0.29) is 11.6 Å². The zero-order valence-corrected chi connectivity index (χ0v) is 15.2. The molecular weight excluding hydrogens is 344 g/mol. The van der Waals surface area contributed by atoms with Gasteiger partial charge in [0.2, 0.25) is 0 Å². The number of aryl methyl sites for hydroxylation is 1. The molecular formula is C18H21ClN2O4. The van der Waals surface area contributed by atoms with Crippen molar-refractivity contribution >= 4 is 23.5 Å². The lowest BCUT2D eigenvalue weighted by atomic mass is 10.1. The quantitative estimate of drug-likeness (QED) is 0.736. The highest BCUT2D eigenvalue weighted by Crippen LogP contribution is 2.20. The molecule has 2 aromatic rings. The standard InChI is InChI=1S/C18H21ClN2O4/c1-11-15(12(2)20-16(11)18(23)24)17(22)21(3)9-4-10-25-14-7-5-13(19)6-8-14/h5-8,20H,4,9-10H2,1-3H3,(H,23,24). The molecule has 0 aliphatic rings. The van der Waals surface area contributed by atoms with Gasteiger partial charge in [0.25, 0.3) is 5.91 Å². The second-order valence-corrected chi connectivity index (χ2v) is 6.25. The minimum absolute atomic E-state index is 0.0559. The largest absolute Gasteiger partial charge is 0.494 e. The van der Waals surface area contributed by atoms with E-state index < -0.39 is 5.97 Å². The minimum atomic E-state index is -1.07. The molecule has 0 fully saturated rings. The van der Waals surface area contributed by atoms with Crippen molar-refractivity contribution in [3.8, 4) is 5.75 Å². The average Bonchev–Trinajstić information content (AvgIpc) is 2.87. The number of hydrogen-bond donors (Lipinski definition) is 2. The van der Waals surface area contributed by atoms with Crippen LogP contribution in [0.15, 0.2) is 24.3 Å². The first kappa shape index (κ1) is 18.9. The van der Waals surface area contributed by atoms with Gasteiger partial charge in [0.15, 0.2) is 0 Å². The molecule has 1 heterocycles. The third kappa shape index (κ3) is 4.54. The van der Waals surface area contributed by atoms with Crippen LogP contribution in [-0.4, -0.2) is 47.1 Å². The van der Waals surface area contributed by atoms with Crippen molar-refractivity contribution < 1.29 is 19.4 Å². The Bertz CT molecular complexity index is 768. The molecule has 0 radical (unpaired) electrons. The highest BCUT2D eigenvalue weighted by molar-refractivity contribution is 6.30. The molecule has 1 amide bonds. The topological polar surface area (TPSA) is 82.6 Å². The number of nitrogens with zero attached hydrogens (tertiary/aromatic N) is 1. The molecule has 0 bridgehead atoms. The number of nitrogens with one attached hydrogen (secondary N) is 1. The van der Waals surface area contributed by atoms with Gasteiger partial charge in [-0.1, -0.05) is 11.6 Å². The summed E-state index contributed by atoms with van der Waals surface area (Å²) in [5, 5.41) is 9.79. The first-order valence-corrected chi connectivity index (χ1v) is 8.25. The number of aromatic amines is 1. The Labute approximate surface area is 151 Å². The van der Waals surface area contributed by atoms with Crippen LogP contribution in [0, 0.1) is 13.8 Å². The molecule has 2 N–H and O–H groups in total. The lowest BCUT2D eigenvalue weighted by Crippen LogP contribution is -2.29. The number of carboxylic acid groups (broad SMARTS) is 1. The summed E-state index contributed by atoms with van der Waals surface area (Å²) in [4.78, 5) is 28.1. The van der Waals surface area contributed by atoms with E-state index >= 15 is 0 Å². The third-order valence-corrected chi connectivity index (χ3v) is 4.18. The Hall–Kier alpha value is -2.47. The fourth-order valence-corrected chi connectivity index (χ4v) is 2.73. The van der Waals surface area contributed by atoms with Crippen molar-refractivity contribution in [2.75, 3.05) is 20.2 Å². The molecule has 1 aromatic carbocycles. The second kappa shape index (κ2) is 8.07. The van der Waals surface area contributed by atoms with Gasteiger partial charge in [-0.25, -0.2) is 4.79 Å². The fourth-order valence-electron chi connectivity index (χ4n) is 2.60. The number of benzene rings is 1. The molecule has 0 aliphatic carbocycles. The van der Waals surface area contributed by atoms with E-state index in [0.29, 0.717) is 41.4 Å². The van der Waals surface area contributed by atoms with Crippen LogP contribution in [0.1, 0.15) is 38.5 Å². The first-order chi connectivity index (χ1) is 11.8. The van der Waals surface area contributed by atoms with Crippen LogP contribution in [0.2, 0.25) is 5.02 Å². The summed E-state index contributed by atoms with van der Waals surface area (Å²) in [7, 11) is 1.69. The number of H-pyrrole nitrogens is 1. The van der Waals surface area contributed by atoms with Crippen LogP contribution in [-0.2, 0) is 0 Å². The van der Waals surface area contributed by atoms with E-state index in [1.54, 1.807) is 50.1 Å². The molecule has 7 heteroatoms. The van der Waals surface area contributed by atoms with Crippen LogP contribution in [0.25, 0.3) is 0 Å². The Balaban J connectivity index is 1.90. The monoisotopic (exact) mass is 364 g/mol. The number of halogens is 1. The summed E-state index contributed by atoms with van der Waals surface area (Å²) in [5.74, 6) is -0.550. The summed E-state index contributed by atoms with van der Waals surface area (Å²) in [6, 6.07) is 7.09. The van der Waals surface area contributed by atoms with Crippen molar-refractivity contribution in [3.63, 3.8) is 0 Å². The van der Waals surface area contributed by atoms with Gasteiger partial charge in [-0.05, 0) is 50.1 Å². The number of rotatable bonds is 7. The summed E-state index contributed by atoms with van der Waals surface area (Å²) in [5.41, 5.74) is 1.49. The maximum atomic E-state index is 12.6. The number of carboxylic acids is 1. The van der Waals surface area contributed by atoms with E-state index in [1.807, 2.05) is 0 Å². The Morgan fingerprint density at radius 1 is 1.24 bits per heavy atom. The minimum Gasteiger partial charge on any atom is -0.494 e. The Kier molecular flexibility index (Phi) is 6.09. The number of ether oxygens (including phenoxy) is 1. The second-order valence-electron chi connectivity index (χ2n) is 5.81. The smallest absolute Gasteiger partial charge is 0.352 e. The molecule has 0 unspecified atom stereocenters. The third-order valence-electron chi connectivity index (χ3n) is 3.93. The van der Waals surface area contributed by atoms with Crippen molar-refractivity contribution in [1.29, 1.82) is 0 Å². The first-order valence-electron chi connectivity index (χ1n) is 7.87. The molecule has 0 spiro atoms. The maximum Gasteiger partial charge on any atom is 0.352 e. The van der Waals surface area contributed by atoms with Crippen LogP contribution in [0.4, 0.5) is 0 Å². The highest BCUT2D eigenvalue weighted by atomic mass is 35.5. The Morgan fingerprint density at radius 2 is 1.88 bits per heavy atom. The van der Waals surface area contributed by atoms with E-state index in [4.69, 9.17) is 21.4 Å². The van der Waals surface area contributed by atoms with Crippen molar-refractivity contribution in [2.45, 2.75) is 20.3 Å². The normalized spacial score (nSPS) is 10.6. The van der Waals surface area contributed by atoms with Crippen molar-refractivity contribution in [1.82, 2.24) is 9.88 Å². The number of aromatic carboxylic acids is 1. The fraction of sp³-hybridized carbons (Fsp3) is 0.333. The average molecular weight is 365 g/mol. The summed E-state index contributed by atoms with van der Waals surface area (Å²) in [6.45, 7) is 4.30. The van der Waals surface area contributed by atoms with Gasteiger partial charge < -0.3 is 19.7 Å². The van der Waals surface area contributed by atoms with Crippen LogP contribution in [0.5, 0.6) is 5.75 Å². The van der Waals surface area contributed by atoms with E-state index in [0.717, 1.165) is 5.75 Å².